The van der Waals surface area contributed by atoms with Gasteiger partial charge >= 0.3 is 6.18 Å². The van der Waals surface area contributed by atoms with Gasteiger partial charge in [0.05, 0.1) is 5.56 Å². The molecule has 0 aliphatic heterocycles. The predicted molar refractivity (Wildman–Crippen MR) is 80.0 cm³/mol. The van der Waals surface area contributed by atoms with Crippen LogP contribution in [0.5, 0.6) is 0 Å². The molecule has 0 fully saturated rings. The van der Waals surface area contributed by atoms with E-state index in [1.807, 2.05) is 32.0 Å². The number of nitrogens with two attached hydrogens (primary N) is 1. The van der Waals surface area contributed by atoms with E-state index in [0.717, 1.165) is 41.7 Å². The van der Waals surface area contributed by atoms with E-state index in [-0.39, 0.29) is 5.69 Å². The van der Waals surface area contributed by atoms with Gasteiger partial charge in [-0.25, -0.2) is 0 Å². The highest BCUT2D eigenvalue weighted by molar-refractivity contribution is 5.79. The predicted octanol–water partition coefficient (Wildman–Crippen LogP) is 5.08. The number of rotatable bonds is 3. The van der Waals surface area contributed by atoms with Crippen molar-refractivity contribution in [2.24, 2.45) is 0 Å². The molecule has 0 amide bonds. The third kappa shape index (κ3) is 3.20. The molecule has 1 nitrogen and oxygen atoms in total. The lowest BCUT2D eigenvalue weighted by molar-refractivity contribution is -0.137. The van der Waals surface area contributed by atoms with E-state index in [4.69, 9.17) is 5.73 Å². The lowest BCUT2D eigenvalue weighted by atomic mass is 9.93. The minimum Gasteiger partial charge on any atom is -0.398 e. The SMILES string of the molecule is CCc1ccc(CC)c(-c2ccc(C(F)(F)F)cc2N)c1. The molecule has 2 rings (SSSR count). The van der Waals surface area contributed by atoms with Gasteiger partial charge in [0.2, 0.25) is 0 Å². The Bertz CT molecular complexity index is 645. The summed E-state index contributed by atoms with van der Waals surface area (Å²) in [5.74, 6) is 0. The van der Waals surface area contributed by atoms with Crippen molar-refractivity contribution in [3.63, 3.8) is 0 Å². The van der Waals surface area contributed by atoms with Crippen molar-refractivity contribution in [3.05, 3.63) is 53.1 Å². The fourth-order valence-corrected chi connectivity index (χ4v) is 2.39. The second-order valence-corrected chi connectivity index (χ2v) is 5.00. The van der Waals surface area contributed by atoms with Crippen LogP contribution < -0.4 is 5.73 Å². The largest absolute Gasteiger partial charge is 0.416 e. The normalized spacial score (nSPS) is 11.7. The monoisotopic (exact) mass is 293 g/mol. The van der Waals surface area contributed by atoms with E-state index in [0.29, 0.717) is 5.56 Å². The number of benzene rings is 2. The van der Waals surface area contributed by atoms with Gasteiger partial charge in [-0.15, -0.1) is 0 Å². The second-order valence-electron chi connectivity index (χ2n) is 5.00. The van der Waals surface area contributed by atoms with Crippen LogP contribution in [0.1, 0.15) is 30.5 Å². The third-order valence-electron chi connectivity index (χ3n) is 3.63. The molecule has 0 heterocycles. The molecule has 2 N–H and O–H groups in total. The van der Waals surface area contributed by atoms with Crippen LogP contribution in [-0.2, 0) is 19.0 Å². The molecular formula is C17H18F3N. The van der Waals surface area contributed by atoms with Crippen molar-refractivity contribution in [2.75, 3.05) is 5.73 Å². The maximum absolute atomic E-state index is 12.7. The smallest absolute Gasteiger partial charge is 0.398 e. The van der Waals surface area contributed by atoms with Gasteiger partial charge in [0.1, 0.15) is 0 Å². The molecule has 0 atom stereocenters. The second kappa shape index (κ2) is 5.80. The van der Waals surface area contributed by atoms with Crippen LogP contribution in [0, 0.1) is 0 Å². The van der Waals surface area contributed by atoms with Gasteiger partial charge in [-0.3, -0.25) is 0 Å². The average molecular weight is 293 g/mol. The van der Waals surface area contributed by atoms with E-state index in [9.17, 15) is 13.2 Å². The molecule has 0 saturated carbocycles. The highest BCUT2D eigenvalue weighted by Crippen LogP contribution is 2.36. The van der Waals surface area contributed by atoms with E-state index < -0.39 is 11.7 Å². The summed E-state index contributed by atoms with van der Waals surface area (Å²) in [7, 11) is 0. The zero-order valence-corrected chi connectivity index (χ0v) is 12.1. The Kier molecular flexibility index (Phi) is 4.26. The van der Waals surface area contributed by atoms with Gasteiger partial charge in [-0.1, -0.05) is 38.1 Å². The summed E-state index contributed by atoms with van der Waals surface area (Å²) in [6.45, 7) is 4.06. The molecule has 2 aromatic rings. The Morgan fingerprint density at radius 2 is 1.62 bits per heavy atom. The Morgan fingerprint density at radius 1 is 0.905 bits per heavy atom. The molecular weight excluding hydrogens is 275 g/mol. The Hall–Kier alpha value is -1.97. The average Bonchev–Trinajstić information content (AvgIpc) is 2.45. The van der Waals surface area contributed by atoms with Crippen LogP contribution in [0.15, 0.2) is 36.4 Å². The molecule has 112 valence electrons. The summed E-state index contributed by atoms with van der Waals surface area (Å²) < 4.78 is 38.1. The highest BCUT2D eigenvalue weighted by Gasteiger charge is 2.30. The number of hydrogen-bond donors (Lipinski definition) is 1. The minimum atomic E-state index is -4.37. The lowest BCUT2D eigenvalue weighted by Gasteiger charge is -2.14. The first kappa shape index (κ1) is 15.4. The summed E-state index contributed by atoms with van der Waals surface area (Å²) in [5, 5.41) is 0. The van der Waals surface area contributed by atoms with Crippen molar-refractivity contribution < 1.29 is 13.2 Å². The molecule has 0 aliphatic carbocycles. The first-order valence-corrected chi connectivity index (χ1v) is 6.95. The number of nitrogen functional groups attached to an aromatic ring is 1. The van der Waals surface area contributed by atoms with E-state index in [2.05, 4.69) is 0 Å². The summed E-state index contributed by atoms with van der Waals surface area (Å²) in [6.07, 6.45) is -2.69. The van der Waals surface area contributed by atoms with Crippen LogP contribution >= 0.6 is 0 Å². The van der Waals surface area contributed by atoms with Crippen molar-refractivity contribution in [1.82, 2.24) is 0 Å². The Balaban J connectivity index is 2.56. The number of aryl methyl sites for hydroxylation is 2. The minimum absolute atomic E-state index is 0.160. The van der Waals surface area contributed by atoms with Crippen molar-refractivity contribution in [2.45, 2.75) is 32.9 Å². The van der Waals surface area contributed by atoms with Gasteiger partial charge < -0.3 is 5.73 Å². The molecule has 2 aromatic carbocycles. The van der Waals surface area contributed by atoms with Crippen LogP contribution in [0.3, 0.4) is 0 Å². The quantitative estimate of drug-likeness (QED) is 0.785. The Morgan fingerprint density at radius 3 is 2.14 bits per heavy atom. The van der Waals surface area contributed by atoms with Crippen molar-refractivity contribution in [3.8, 4) is 11.1 Å². The van der Waals surface area contributed by atoms with E-state index in [1.54, 1.807) is 0 Å². The van der Waals surface area contributed by atoms with E-state index in [1.165, 1.54) is 6.07 Å². The molecule has 0 aromatic heterocycles. The van der Waals surface area contributed by atoms with Crippen LogP contribution in [0.25, 0.3) is 11.1 Å². The maximum Gasteiger partial charge on any atom is 0.416 e. The molecule has 0 spiro atoms. The first-order valence-electron chi connectivity index (χ1n) is 6.95. The third-order valence-corrected chi connectivity index (χ3v) is 3.63. The van der Waals surface area contributed by atoms with Gasteiger partial charge in [0.15, 0.2) is 0 Å². The standard InChI is InChI=1S/C17H18F3N/c1-3-11-5-6-12(4-2)15(9-11)14-8-7-13(10-16(14)21)17(18,19)20/h5-10H,3-4,21H2,1-2H3. The zero-order valence-electron chi connectivity index (χ0n) is 12.1. The number of hydrogen-bond acceptors (Lipinski definition) is 1. The molecule has 0 bridgehead atoms. The molecule has 4 heteroatoms. The Labute approximate surface area is 122 Å². The lowest BCUT2D eigenvalue weighted by Crippen LogP contribution is -2.06. The first-order chi connectivity index (χ1) is 9.86. The summed E-state index contributed by atoms with van der Waals surface area (Å²) in [6, 6.07) is 9.63. The van der Waals surface area contributed by atoms with Gasteiger partial charge in [-0.2, -0.15) is 13.2 Å². The summed E-state index contributed by atoms with van der Waals surface area (Å²) in [4.78, 5) is 0. The number of alkyl halides is 3. The fourth-order valence-electron chi connectivity index (χ4n) is 2.39. The van der Waals surface area contributed by atoms with E-state index >= 15 is 0 Å². The van der Waals surface area contributed by atoms with Crippen molar-refractivity contribution >= 4 is 5.69 Å². The topological polar surface area (TPSA) is 26.0 Å². The summed E-state index contributed by atoms with van der Waals surface area (Å²) in [5.41, 5.74) is 9.11. The molecule has 21 heavy (non-hydrogen) atoms. The van der Waals surface area contributed by atoms with Crippen LogP contribution in [-0.4, -0.2) is 0 Å². The van der Waals surface area contributed by atoms with Crippen LogP contribution in [0.4, 0.5) is 18.9 Å². The van der Waals surface area contributed by atoms with Crippen molar-refractivity contribution in [1.29, 1.82) is 0 Å². The zero-order chi connectivity index (χ0) is 15.6. The molecule has 0 unspecified atom stereocenters. The molecule has 0 aliphatic rings. The maximum atomic E-state index is 12.7. The van der Waals surface area contributed by atoms with Gasteiger partial charge in [0, 0.05) is 11.3 Å². The fraction of sp³-hybridized carbons (Fsp3) is 0.294. The van der Waals surface area contributed by atoms with Gasteiger partial charge in [-0.05, 0) is 41.7 Å². The number of anilines is 1. The number of halogens is 3. The summed E-state index contributed by atoms with van der Waals surface area (Å²) >= 11 is 0. The molecule has 0 saturated heterocycles. The van der Waals surface area contributed by atoms with Gasteiger partial charge in [0.25, 0.3) is 0 Å². The molecule has 0 radical (unpaired) electrons. The van der Waals surface area contributed by atoms with Crippen LogP contribution in [0.2, 0.25) is 0 Å². The highest BCUT2D eigenvalue weighted by atomic mass is 19.4.